The lowest BCUT2D eigenvalue weighted by Crippen LogP contribution is -2.36. The highest BCUT2D eigenvalue weighted by Crippen LogP contribution is 2.14. The number of rotatable bonds is 4. The summed E-state index contributed by atoms with van der Waals surface area (Å²) in [5.74, 6) is -0.231. The SMILES string of the molecule is O=C(c1ccc(NCc2ccc(F)cc2)cn1)N1CCCCC1. The Labute approximate surface area is 135 Å². The van der Waals surface area contributed by atoms with Crippen LogP contribution in [0.3, 0.4) is 0 Å². The number of pyridine rings is 1. The van der Waals surface area contributed by atoms with Crippen molar-refractivity contribution in [3.05, 3.63) is 59.7 Å². The van der Waals surface area contributed by atoms with Gasteiger partial charge in [0.25, 0.3) is 5.91 Å². The molecule has 4 nitrogen and oxygen atoms in total. The van der Waals surface area contributed by atoms with Gasteiger partial charge in [0.2, 0.25) is 0 Å². The van der Waals surface area contributed by atoms with Gasteiger partial charge in [-0.05, 0) is 49.1 Å². The summed E-state index contributed by atoms with van der Waals surface area (Å²) in [6.45, 7) is 2.23. The Morgan fingerprint density at radius 3 is 2.48 bits per heavy atom. The normalized spacial score (nSPS) is 14.6. The third-order valence-corrected chi connectivity index (χ3v) is 4.04. The van der Waals surface area contributed by atoms with E-state index >= 15 is 0 Å². The lowest BCUT2D eigenvalue weighted by atomic mass is 10.1. The van der Waals surface area contributed by atoms with Crippen LogP contribution in [0.15, 0.2) is 42.6 Å². The number of nitrogens with one attached hydrogen (secondary N) is 1. The molecule has 0 radical (unpaired) electrons. The smallest absolute Gasteiger partial charge is 0.272 e. The molecule has 2 heterocycles. The van der Waals surface area contributed by atoms with Gasteiger partial charge in [-0.1, -0.05) is 12.1 Å². The molecule has 3 rings (SSSR count). The van der Waals surface area contributed by atoms with Crippen LogP contribution in [0.5, 0.6) is 0 Å². The third-order valence-electron chi connectivity index (χ3n) is 4.04. The number of carbonyl (C=O) groups is 1. The fourth-order valence-electron chi connectivity index (χ4n) is 2.69. The van der Waals surface area contributed by atoms with E-state index in [1.54, 1.807) is 24.4 Å². The number of hydrogen-bond acceptors (Lipinski definition) is 3. The minimum Gasteiger partial charge on any atom is -0.380 e. The van der Waals surface area contributed by atoms with E-state index in [2.05, 4.69) is 10.3 Å². The van der Waals surface area contributed by atoms with Crippen molar-refractivity contribution in [2.24, 2.45) is 0 Å². The van der Waals surface area contributed by atoms with Crippen molar-refractivity contribution in [2.75, 3.05) is 18.4 Å². The van der Waals surface area contributed by atoms with E-state index in [1.807, 2.05) is 11.0 Å². The molecule has 0 saturated carbocycles. The summed E-state index contributed by atoms with van der Waals surface area (Å²) in [6.07, 6.45) is 5.01. The number of piperidine rings is 1. The predicted octanol–water partition coefficient (Wildman–Crippen LogP) is 3.46. The van der Waals surface area contributed by atoms with Crippen molar-refractivity contribution in [1.82, 2.24) is 9.88 Å². The Bertz CT molecular complexity index is 649. The minimum absolute atomic E-state index is 0.00906. The molecule has 0 spiro atoms. The molecular weight excluding hydrogens is 293 g/mol. The van der Waals surface area contributed by atoms with E-state index in [1.165, 1.54) is 18.6 Å². The highest BCUT2D eigenvalue weighted by Gasteiger charge is 2.18. The van der Waals surface area contributed by atoms with E-state index in [0.717, 1.165) is 37.2 Å². The molecule has 2 aromatic rings. The van der Waals surface area contributed by atoms with Crippen LogP contribution in [-0.4, -0.2) is 28.9 Å². The molecule has 1 aromatic heterocycles. The highest BCUT2D eigenvalue weighted by molar-refractivity contribution is 5.92. The Morgan fingerprint density at radius 1 is 1.09 bits per heavy atom. The van der Waals surface area contributed by atoms with Gasteiger partial charge in [0.1, 0.15) is 11.5 Å². The van der Waals surface area contributed by atoms with Crippen LogP contribution in [0, 0.1) is 5.82 Å². The molecule has 1 N–H and O–H groups in total. The molecule has 1 aliphatic rings. The first-order chi connectivity index (χ1) is 11.2. The number of carbonyl (C=O) groups excluding carboxylic acids is 1. The third kappa shape index (κ3) is 4.06. The first kappa shape index (κ1) is 15.5. The fraction of sp³-hybridized carbons (Fsp3) is 0.333. The molecule has 120 valence electrons. The van der Waals surface area contributed by atoms with Gasteiger partial charge < -0.3 is 10.2 Å². The zero-order valence-corrected chi connectivity index (χ0v) is 13.0. The second kappa shape index (κ2) is 7.22. The molecular formula is C18H20FN3O. The van der Waals surface area contributed by atoms with Crippen molar-refractivity contribution in [1.29, 1.82) is 0 Å². The Balaban J connectivity index is 1.58. The first-order valence-electron chi connectivity index (χ1n) is 7.96. The van der Waals surface area contributed by atoms with Crippen molar-refractivity contribution in [2.45, 2.75) is 25.8 Å². The molecule has 0 bridgehead atoms. The van der Waals surface area contributed by atoms with Crippen LogP contribution in [0.2, 0.25) is 0 Å². The summed E-state index contributed by atoms with van der Waals surface area (Å²) >= 11 is 0. The van der Waals surface area contributed by atoms with Gasteiger partial charge >= 0.3 is 0 Å². The summed E-state index contributed by atoms with van der Waals surface area (Å²) < 4.78 is 12.9. The van der Waals surface area contributed by atoms with E-state index in [0.29, 0.717) is 12.2 Å². The maximum atomic E-state index is 12.9. The summed E-state index contributed by atoms with van der Waals surface area (Å²) in [5, 5.41) is 3.22. The summed E-state index contributed by atoms with van der Waals surface area (Å²) in [6, 6.07) is 9.97. The number of nitrogens with zero attached hydrogens (tertiary/aromatic N) is 2. The van der Waals surface area contributed by atoms with Gasteiger partial charge in [-0.25, -0.2) is 9.37 Å². The number of halogens is 1. The van der Waals surface area contributed by atoms with Gasteiger partial charge in [-0.15, -0.1) is 0 Å². The Kier molecular flexibility index (Phi) is 4.86. The quantitative estimate of drug-likeness (QED) is 0.940. The maximum Gasteiger partial charge on any atom is 0.272 e. The number of anilines is 1. The van der Waals surface area contributed by atoms with Gasteiger partial charge in [0, 0.05) is 19.6 Å². The molecule has 1 saturated heterocycles. The van der Waals surface area contributed by atoms with E-state index < -0.39 is 0 Å². The number of aromatic nitrogens is 1. The van der Waals surface area contributed by atoms with Crippen molar-refractivity contribution in [3.8, 4) is 0 Å². The number of amides is 1. The Hall–Kier alpha value is -2.43. The second-order valence-corrected chi connectivity index (χ2v) is 5.76. The topological polar surface area (TPSA) is 45.2 Å². The highest BCUT2D eigenvalue weighted by atomic mass is 19.1. The first-order valence-corrected chi connectivity index (χ1v) is 7.96. The average Bonchev–Trinajstić information content (AvgIpc) is 2.62. The standard InChI is InChI=1S/C18H20FN3O/c19-15-6-4-14(5-7-15)12-20-16-8-9-17(21-13-16)18(23)22-10-2-1-3-11-22/h4-9,13,20H,1-3,10-12H2. The maximum absolute atomic E-state index is 12.9. The van der Waals surface area contributed by atoms with Crippen molar-refractivity contribution >= 4 is 11.6 Å². The largest absolute Gasteiger partial charge is 0.380 e. The van der Waals surface area contributed by atoms with E-state index in [9.17, 15) is 9.18 Å². The van der Waals surface area contributed by atoms with Crippen LogP contribution in [0.25, 0.3) is 0 Å². The van der Waals surface area contributed by atoms with Crippen LogP contribution < -0.4 is 5.32 Å². The van der Waals surface area contributed by atoms with Crippen molar-refractivity contribution in [3.63, 3.8) is 0 Å². The van der Waals surface area contributed by atoms with Gasteiger partial charge in [0.05, 0.1) is 11.9 Å². The molecule has 0 atom stereocenters. The number of likely N-dealkylation sites (tertiary alicyclic amines) is 1. The average molecular weight is 313 g/mol. The minimum atomic E-state index is -0.240. The van der Waals surface area contributed by atoms with Crippen LogP contribution >= 0.6 is 0 Å². The summed E-state index contributed by atoms with van der Waals surface area (Å²) in [7, 11) is 0. The zero-order chi connectivity index (χ0) is 16.1. The van der Waals surface area contributed by atoms with Crippen LogP contribution in [0.1, 0.15) is 35.3 Å². The fourth-order valence-corrected chi connectivity index (χ4v) is 2.69. The van der Waals surface area contributed by atoms with E-state index in [-0.39, 0.29) is 11.7 Å². The predicted molar refractivity (Wildman–Crippen MR) is 87.7 cm³/mol. The van der Waals surface area contributed by atoms with Crippen molar-refractivity contribution < 1.29 is 9.18 Å². The molecule has 5 heteroatoms. The summed E-state index contributed by atoms with van der Waals surface area (Å²) in [5.41, 5.74) is 2.31. The van der Waals surface area contributed by atoms with E-state index in [4.69, 9.17) is 0 Å². The van der Waals surface area contributed by atoms with Gasteiger partial charge in [-0.3, -0.25) is 4.79 Å². The molecule has 0 unspecified atom stereocenters. The number of benzene rings is 1. The summed E-state index contributed by atoms with van der Waals surface area (Å²) in [4.78, 5) is 18.5. The lowest BCUT2D eigenvalue weighted by molar-refractivity contribution is 0.0718. The molecule has 1 amide bonds. The number of hydrogen-bond donors (Lipinski definition) is 1. The molecule has 23 heavy (non-hydrogen) atoms. The molecule has 1 aromatic carbocycles. The molecule has 0 aliphatic carbocycles. The molecule has 1 aliphatic heterocycles. The van der Waals surface area contributed by atoms with Gasteiger partial charge in [-0.2, -0.15) is 0 Å². The Morgan fingerprint density at radius 2 is 1.83 bits per heavy atom. The van der Waals surface area contributed by atoms with Crippen LogP contribution in [0.4, 0.5) is 10.1 Å². The monoisotopic (exact) mass is 313 g/mol. The second-order valence-electron chi connectivity index (χ2n) is 5.76. The van der Waals surface area contributed by atoms with Crippen LogP contribution in [-0.2, 0) is 6.54 Å². The zero-order valence-electron chi connectivity index (χ0n) is 13.0. The van der Waals surface area contributed by atoms with Gasteiger partial charge in [0.15, 0.2) is 0 Å². The molecule has 1 fully saturated rings. The lowest BCUT2D eigenvalue weighted by Gasteiger charge is -2.26.